The van der Waals surface area contributed by atoms with Gasteiger partial charge in [-0.2, -0.15) is 4.31 Å². The molecule has 0 saturated carbocycles. The van der Waals surface area contributed by atoms with Crippen molar-refractivity contribution in [1.82, 2.24) is 14.2 Å². The lowest BCUT2D eigenvalue weighted by molar-refractivity contribution is -0.136. The van der Waals surface area contributed by atoms with E-state index in [4.69, 9.17) is 0 Å². The molecule has 12 heteroatoms. The number of rotatable bonds is 4. The monoisotopic (exact) mass is 486 g/mol. The van der Waals surface area contributed by atoms with Gasteiger partial charge in [-0.05, 0) is 31.0 Å². The standard InChI is InChI=1S/C19H26N4O5S3/c1-30(25,26)14-6-7-15-17(13-14)29-19(20-15)22-11-9-21(10-12-22)18(24)16-5-3-4-8-23(16)31(2,27)28/h6-7,13,16H,3-5,8-12H2,1-2H3. The molecule has 2 saturated heterocycles. The third-order valence-corrected chi connectivity index (χ3v) is 9.28. The molecule has 170 valence electrons. The largest absolute Gasteiger partial charge is 0.345 e. The van der Waals surface area contributed by atoms with Crippen LogP contribution >= 0.6 is 11.3 Å². The summed E-state index contributed by atoms with van der Waals surface area (Å²) in [5.74, 6) is -0.119. The molecular formula is C19H26N4O5S3. The van der Waals surface area contributed by atoms with E-state index in [9.17, 15) is 21.6 Å². The van der Waals surface area contributed by atoms with Crippen molar-refractivity contribution in [3.63, 3.8) is 0 Å². The molecular weight excluding hydrogens is 460 g/mol. The fourth-order valence-corrected chi connectivity index (χ4v) is 7.03. The quantitative estimate of drug-likeness (QED) is 0.638. The fourth-order valence-electron chi connectivity index (χ4n) is 4.14. The third kappa shape index (κ3) is 4.71. The van der Waals surface area contributed by atoms with E-state index in [0.717, 1.165) is 28.2 Å². The minimum atomic E-state index is -3.42. The van der Waals surface area contributed by atoms with Crippen LogP contribution in [0.4, 0.5) is 5.13 Å². The molecule has 2 aliphatic heterocycles. The Hall–Kier alpha value is -1.76. The van der Waals surface area contributed by atoms with E-state index in [-0.39, 0.29) is 10.8 Å². The van der Waals surface area contributed by atoms with Crippen LogP contribution in [0, 0.1) is 0 Å². The van der Waals surface area contributed by atoms with Gasteiger partial charge in [-0.25, -0.2) is 21.8 Å². The summed E-state index contributed by atoms with van der Waals surface area (Å²) >= 11 is 1.43. The van der Waals surface area contributed by atoms with Gasteiger partial charge in [0.15, 0.2) is 15.0 Å². The number of hydrogen-bond acceptors (Lipinski definition) is 8. The molecule has 0 aliphatic carbocycles. The Morgan fingerprint density at radius 1 is 1.03 bits per heavy atom. The van der Waals surface area contributed by atoms with Crippen LogP contribution in [0.25, 0.3) is 10.2 Å². The minimum Gasteiger partial charge on any atom is -0.345 e. The van der Waals surface area contributed by atoms with Gasteiger partial charge in [0.05, 0.1) is 21.4 Å². The highest BCUT2D eigenvalue weighted by atomic mass is 32.2. The number of amides is 1. The van der Waals surface area contributed by atoms with Crippen LogP contribution in [-0.4, -0.2) is 88.2 Å². The number of aromatic nitrogens is 1. The topological polar surface area (TPSA) is 108 Å². The van der Waals surface area contributed by atoms with Crippen LogP contribution in [0.5, 0.6) is 0 Å². The number of hydrogen-bond donors (Lipinski definition) is 0. The van der Waals surface area contributed by atoms with Crippen LogP contribution in [0.2, 0.25) is 0 Å². The Labute approximate surface area is 186 Å². The van der Waals surface area contributed by atoms with E-state index >= 15 is 0 Å². The number of anilines is 1. The second kappa shape index (κ2) is 8.30. The van der Waals surface area contributed by atoms with Crippen molar-refractivity contribution < 1.29 is 21.6 Å². The van der Waals surface area contributed by atoms with Gasteiger partial charge in [-0.15, -0.1) is 0 Å². The molecule has 0 spiro atoms. The zero-order valence-corrected chi connectivity index (χ0v) is 20.0. The zero-order chi connectivity index (χ0) is 22.4. The summed E-state index contributed by atoms with van der Waals surface area (Å²) in [6.45, 7) is 2.58. The first-order valence-corrected chi connectivity index (χ1v) is 14.7. The van der Waals surface area contributed by atoms with E-state index in [0.29, 0.717) is 39.1 Å². The number of carbonyl (C=O) groups is 1. The molecule has 31 heavy (non-hydrogen) atoms. The molecule has 0 N–H and O–H groups in total. The van der Waals surface area contributed by atoms with Crippen molar-refractivity contribution in [1.29, 1.82) is 0 Å². The maximum absolute atomic E-state index is 13.1. The lowest BCUT2D eigenvalue weighted by atomic mass is 10.0. The van der Waals surface area contributed by atoms with Gasteiger partial charge in [0.25, 0.3) is 0 Å². The molecule has 1 atom stereocenters. The minimum absolute atomic E-state index is 0.119. The first-order valence-electron chi connectivity index (χ1n) is 10.2. The van der Waals surface area contributed by atoms with Crippen LogP contribution < -0.4 is 4.90 Å². The molecule has 2 aliphatic rings. The smallest absolute Gasteiger partial charge is 0.241 e. The van der Waals surface area contributed by atoms with Gasteiger partial charge < -0.3 is 9.80 Å². The molecule has 1 unspecified atom stereocenters. The van der Waals surface area contributed by atoms with Gasteiger partial charge >= 0.3 is 0 Å². The lowest BCUT2D eigenvalue weighted by Gasteiger charge is -2.39. The number of sulfonamides is 1. The van der Waals surface area contributed by atoms with Crippen molar-refractivity contribution in [3.05, 3.63) is 18.2 Å². The Morgan fingerprint density at radius 3 is 2.39 bits per heavy atom. The molecule has 1 aromatic carbocycles. The lowest BCUT2D eigenvalue weighted by Crippen LogP contribution is -2.57. The highest BCUT2D eigenvalue weighted by Crippen LogP contribution is 2.31. The average Bonchev–Trinajstić information content (AvgIpc) is 3.15. The number of piperazine rings is 1. The van der Waals surface area contributed by atoms with Crippen LogP contribution in [-0.2, 0) is 24.7 Å². The molecule has 9 nitrogen and oxygen atoms in total. The summed E-state index contributed by atoms with van der Waals surface area (Å²) in [6.07, 6.45) is 4.54. The van der Waals surface area contributed by atoms with Crippen molar-refractivity contribution >= 4 is 52.5 Å². The maximum Gasteiger partial charge on any atom is 0.241 e. The highest BCUT2D eigenvalue weighted by molar-refractivity contribution is 7.90. The summed E-state index contributed by atoms with van der Waals surface area (Å²) in [7, 11) is -6.70. The molecule has 3 heterocycles. The molecule has 2 fully saturated rings. The van der Waals surface area contributed by atoms with Crippen molar-refractivity contribution in [2.75, 3.05) is 50.1 Å². The first kappa shape index (κ1) is 22.4. The molecule has 4 rings (SSSR count). The van der Waals surface area contributed by atoms with E-state index < -0.39 is 25.9 Å². The summed E-state index contributed by atoms with van der Waals surface area (Å²) in [5.41, 5.74) is 0.747. The van der Waals surface area contributed by atoms with E-state index in [2.05, 4.69) is 9.88 Å². The number of carbonyl (C=O) groups excluding carboxylic acids is 1. The number of benzene rings is 1. The summed E-state index contributed by atoms with van der Waals surface area (Å²) in [5, 5.41) is 0.795. The summed E-state index contributed by atoms with van der Waals surface area (Å²) in [6, 6.07) is 4.32. The van der Waals surface area contributed by atoms with E-state index in [1.54, 1.807) is 23.1 Å². The van der Waals surface area contributed by atoms with Crippen molar-refractivity contribution in [3.8, 4) is 0 Å². The van der Waals surface area contributed by atoms with Crippen LogP contribution in [0.3, 0.4) is 0 Å². The van der Waals surface area contributed by atoms with Crippen LogP contribution in [0.15, 0.2) is 23.1 Å². The van der Waals surface area contributed by atoms with Gasteiger partial charge in [0.1, 0.15) is 6.04 Å². The third-order valence-electron chi connectivity index (χ3n) is 5.80. The zero-order valence-electron chi connectivity index (χ0n) is 17.5. The number of fused-ring (bicyclic) bond motifs is 1. The van der Waals surface area contributed by atoms with E-state index in [1.165, 1.54) is 28.2 Å². The second-order valence-corrected chi connectivity index (χ2v) is 13.1. The number of piperidine rings is 1. The summed E-state index contributed by atoms with van der Waals surface area (Å²) < 4.78 is 49.9. The van der Waals surface area contributed by atoms with E-state index in [1.807, 2.05) is 0 Å². The SMILES string of the molecule is CS(=O)(=O)c1ccc2nc(N3CCN(C(=O)C4CCCCN4S(C)(=O)=O)CC3)sc2c1. The van der Waals surface area contributed by atoms with Crippen molar-refractivity contribution in [2.24, 2.45) is 0 Å². The molecule has 1 aromatic heterocycles. The molecule has 1 amide bonds. The Kier molecular flexibility index (Phi) is 6.01. The molecule has 0 radical (unpaired) electrons. The Bertz CT molecular complexity index is 1200. The summed E-state index contributed by atoms with van der Waals surface area (Å²) in [4.78, 5) is 21.8. The predicted molar refractivity (Wildman–Crippen MR) is 121 cm³/mol. The van der Waals surface area contributed by atoms with Gasteiger partial charge in [0.2, 0.25) is 15.9 Å². The van der Waals surface area contributed by atoms with Crippen LogP contribution in [0.1, 0.15) is 19.3 Å². The predicted octanol–water partition coefficient (Wildman–Crippen LogP) is 1.16. The average molecular weight is 487 g/mol. The maximum atomic E-state index is 13.1. The first-order chi connectivity index (χ1) is 14.5. The molecule has 2 aromatic rings. The number of thiazole rings is 1. The fraction of sp³-hybridized carbons (Fsp3) is 0.579. The normalized spacial score (nSPS) is 21.5. The number of nitrogens with zero attached hydrogens (tertiary/aromatic N) is 4. The highest BCUT2D eigenvalue weighted by Gasteiger charge is 2.37. The molecule has 0 bridgehead atoms. The van der Waals surface area contributed by atoms with Crippen molar-refractivity contribution in [2.45, 2.75) is 30.2 Å². The Balaban J connectivity index is 1.45. The van der Waals surface area contributed by atoms with Gasteiger partial charge in [-0.1, -0.05) is 17.8 Å². The Morgan fingerprint density at radius 2 is 1.74 bits per heavy atom. The number of sulfone groups is 1. The second-order valence-electron chi connectivity index (χ2n) is 8.10. The van der Waals surface area contributed by atoms with Gasteiger partial charge in [-0.3, -0.25) is 4.79 Å². The van der Waals surface area contributed by atoms with Gasteiger partial charge in [0, 0.05) is 39.0 Å².